The maximum atomic E-state index is 13.0. The van der Waals surface area contributed by atoms with Crippen LogP contribution in [0.25, 0.3) is 0 Å². The summed E-state index contributed by atoms with van der Waals surface area (Å²) in [5.41, 5.74) is -0.194. The van der Waals surface area contributed by atoms with Gasteiger partial charge in [-0.25, -0.2) is 14.2 Å². The van der Waals surface area contributed by atoms with Crippen LogP contribution >= 0.6 is 0 Å². The molecule has 0 saturated carbocycles. The van der Waals surface area contributed by atoms with E-state index in [2.05, 4.69) is 4.98 Å². The van der Waals surface area contributed by atoms with E-state index in [9.17, 15) is 19.3 Å². The van der Waals surface area contributed by atoms with Gasteiger partial charge in [-0.15, -0.1) is 0 Å². The molecule has 2 rings (SSSR count). The Labute approximate surface area is 117 Å². The minimum absolute atomic E-state index is 0.00899. The molecular formula is C13H9FN2O5. The third-order valence-electron chi connectivity index (χ3n) is 2.60. The molecule has 1 N–H and O–H groups in total. The fourth-order valence-corrected chi connectivity index (χ4v) is 1.61. The molecule has 0 saturated heterocycles. The number of ether oxygens (including phenoxy) is 1. The number of nitro benzene ring substituents is 1. The van der Waals surface area contributed by atoms with Gasteiger partial charge in [0, 0.05) is 11.8 Å². The minimum Gasteiger partial charge on any atom is -0.478 e. The second-order valence-electron chi connectivity index (χ2n) is 4.12. The molecule has 0 radical (unpaired) electrons. The van der Waals surface area contributed by atoms with Crippen LogP contribution in [0.4, 0.5) is 10.1 Å². The highest BCUT2D eigenvalue weighted by Gasteiger charge is 2.18. The van der Waals surface area contributed by atoms with E-state index in [0.29, 0.717) is 5.56 Å². The molecule has 0 aliphatic rings. The molecule has 0 spiro atoms. The van der Waals surface area contributed by atoms with Gasteiger partial charge in [-0.05, 0) is 25.1 Å². The van der Waals surface area contributed by atoms with Crippen molar-refractivity contribution in [2.45, 2.75) is 6.92 Å². The van der Waals surface area contributed by atoms with Gasteiger partial charge >= 0.3 is 11.7 Å². The van der Waals surface area contributed by atoms with Gasteiger partial charge < -0.3 is 9.84 Å². The summed E-state index contributed by atoms with van der Waals surface area (Å²) in [6.07, 6.45) is 1.07. The number of nitro groups is 1. The topological polar surface area (TPSA) is 103 Å². The van der Waals surface area contributed by atoms with E-state index < -0.39 is 22.4 Å². The summed E-state index contributed by atoms with van der Waals surface area (Å²) in [6, 6.07) is 4.18. The van der Waals surface area contributed by atoms with E-state index in [1.54, 1.807) is 6.92 Å². The fourth-order valence-electron chi connectivity index (χ4n) is 1.61. The summed E-state index contributed by atoms with van der Waals surface area (Å²) < 4.78 is 18.3. The van der Waals surface area contributed by atoms with E-state index in [-0.39, 0.29) is 17.2 Å². The number of aromatic carboxylic acids is 1. The molecule has 21 heavy (non-hydrogen) atoms. The van der Waals surface area contributed by atoms with Crippen LogP contribution in [0.15, 0.2) is 30.5 Å². The largest absolute Gasteiger partial charge is 0.478 e. The quantitative estimate of drug-likeness (QED) is 0.686. The van der Waals surface area contributed by atoms with Crippen molar-refractivity contribution in [3.8, 4) is 11.6 Å². The molecule has 8 heteroatoms. The molecule has 0 bridgehead atoms. The van der Waals surface area contributed by atoms with Crippen molar-refractivity contribution in [3.05, 3.63) is 57.5 Å². The summed E-state index contributed by atoms with van der Waals surface area (Å²) in [5.74, 6) is -2.08. The Morgan fingerprint density at radius 3 is 2.71 bits per heavy atom. The maximum Gasteiger partial charge on any atom is 0.337 e. The molecule has 0 aliphatic carbocycles. The number of halogens is 1. The van der Waals surface area contributed by atoms with Gasteiger partial charge in [-0.1, -0.05) is 0 Å². The Kier molecular flexibility index (Phi) is 3.79. The van der Waals surface area contributed by atoms with Gasteiger partial charge in [0.25, 0.3) is 0 Å². The first-order valence-corrected chi connectivity index (χ1v) is 5.70. The molecule has 108 valence electrons. The first-order chi connectivity index (χ1) is 9.88. The lowest BCUT2D eigenvalue weighted by Gasteiger charge is -2.08. The van der Waals surface area contributed by atoms with E-state index in [1.807, 2.05) is 0 Å². The lowest BCUT2D eigenvalue weighted by atomic mass is 10.2. The number of carboxylic acid groups (broad SMARTS) is 1. The van der Waals surface area contributed by atoms with Crippen LogP contribution < -0.4 is 4.74 Å². The van der Waals surface area contributed by atoms with Gasteiger partial charge in [0.2, 0.25) is 11.6 Å². The smallest absolute Gasteiger partial charge is 0.337 e. The van der Waals surface area contributed by atoms with E-state index in [4.69, 9.17) is 9.84 Å². The van der Waals surface area contributed by atoms with Crippen LogP contribution in [-0.2, 0) is 0 Å². The monoisotopic (exact) mass is 292 g/mol. The average molecular weight is 292 g/mol. The number of benzene rings is 1. The highest BCUT2D eigenvalue weighted by molar-refractivity contribution is 5.87. The number of carbonyl (C=O) groups is 1. The van der Waals surface area contributed by atoms with Gasteiger partial charge in [-0.3, -0.25) is 10.1 Å². The second kappa shape index (κ2) is 5.53. The molecule has 2 aromatic rings. The molecule has 0 amide bonds. The van der Waals surface area contributed by atoms with Crippen molar-refractivity contribution < 1.29 is 24.0 Å². The summed E-state index contributed by atoms with van der Waals surface area (Å²) in [4.78, 5) is 24.7. The van der Waals surface area contributed by atoms with Crippen molar-refractivity contribution >= 4 is 11.7 Å². The SMILES string of the molecule is Cc1cc(C(=O)O)cnc1Oc1ccc(F)cc1[N+](=O)[O-]. The van der Waals surface area contributed by atoms with Gasteiger partial charge in [0.15, 0.2) is 0 Å². The third kappa shape index (κ3) is 3.11. The van der Waals surface area contributed by atoms with Crippen LogP contribution in [0.5, 0.6) is 11.6 Å². The van der Waals surface area contributed by atoms with E-state index in [0.717, 1.165) is 24.4 Å². The van der Waals surface area contributed by atoms with Crippen LogP contribution in [0.2, 0.25) is 0 Å². The summed E-state index contributed by atoms with van der Waals surface area (Å²) >= 11 is 0. The Morgan fingerprint density at radius 1 is 1.43 bits per heavy atom. The molecule has 7 nitrogen and oxygen atoms in total. The van der Waals surface area contributed by atoms with Crippen LogP contribution in [0, 0.1) is 22.9 Å². The average Bonchev–Trinajstić information content (AvgIpc) is 2.42. The maximum absolute atomic E-state index is 13.0. The Morgan fingerprint density at radius 2 is 2.14 bits per heavy atom. The number of pyridine rings is 1. The van der Waals surface area contributed by atoms with Gasteiger partial charge in [0.1, 0.15) is 5.82 Å². The number of nitrogens with zero attached hydrogens (tertiary/aromatic N) is 2. The molecule has 1 aromatic carbocycles. The molecule has 0 atom stereocenters. The molecule has 1 heterocycles. The number of aryl methyl sites for hydroxylation is 1. The zero-order valence-corrected chi connectivity index (χ0v) is 10.7. The summed E-state index contributed by atoms with van der Waals surface area (Å²) in [5, 5.41) is 19.7. The Hall–Kier alpha value is -3.03. The van der Waals surface area contributed by atoms with Crippen molar-refractivity contribution in [1.82, 2.24) is 4.98 Å². The normalized spacial score (nSPS) is 10.2. The molecule has 1 aromatic heterocycles. The second-order valence-corrected chi connectivity index (χ2v) is 4.12. The number of hydrogen-bond acceptors (Lipinski definition) is 5. The first-order valence-electron chi connectivity index (χ1n) is 5.70. The zero-order valence-electron chi connectivity index (χ0n) is 10.7. The Bertz CT molecular complexity index is 732. The first kappa shape index (κ1) is 14.4. The van der Waals surface area contributed by atoms with Crippen LogP contribution in [0.3, 0.4) is 0 Å². The van der Waals surface area contributed by atoms with Crippen molar-refractivity contribution in [3.63, 3.8) is 0 Å². The van der Waals surface area contributed by atoms with Crippen LogP contribution in [-0.4, -0.2) is 21.0 Å². The van der Waals surface area contributed by atoms with Gasteiger partial charge in [-0.2, -0.15) is 0 Å². The lowest BCUT2D eigenvalue weighted by molar-refractivity contribution is -0.385. The van der Waals surface area contributed by atoms with Crippen molar-refractivity contribution in [2.75, 3.05) is 0 Å². The summed E-state index contributed by atoms with van der Waals surface area (Å²) in [7, 11) is 0. The molecule has 0 aliphatic heterocycles. The number of hydrogen-bond donors (Lipinski definition) is 1. The zero-order chi connectivity index (χ0) is 15.6. The predicted molar refractivity (Wildman–Crippen MR) is 69.1 cm³/mol. The Balaban J connectivity index is 2.39. The molecule has 0 unspecified atom stereocenters. The lowest BCUT2D eigenvalue weighted by Crippen LogP contribution is -2.01. The van der Waals surface area contributed by atoms with Gasteiger partial charge in [0.05, 0.1) is 16.6 Å². The third-order valence-corrected chi connectivity index (χ3v) is 2.60. The minimum atomic E-state index is -1.15. The number of aromatic nitrogens is 1. The summed E-state index contributed by atoms with van der Waals surface area (Å²) in [6.45, 7) is 1.55. The van der Waals surface area contributed by atoms with E-state index >= 15 is 0 Å². The number of rotatable bonds is 4. The molecular weight excluding hydrogens is 283 g/mol. The van der Waals surface area contributed by atoms with E-state index in [1.165, 1.54) is 6.07 Å². The predicted octanol–water partition coefficient (Wildman–Crippen LogP) is 2.93. The number of carboxylic acids is 1. The van der Waals surface area contributed by atoms with Crippen molar-refractivity contribution in [2.24, 2.45) is 0 Å². The van der Waals surface area contributed by atoms with Crippen molar-refractivity contribution in [1.29, 1.82) is 0 Å². The highest BCUT2D eigenvalue weighted by Crippen LogP contribution is 2.32. The standard InChI is InChI=1S/C13H9FN2O5/c1-7-4-8(13(17)18)6-15-12(7)21-11-3-2-9(14)5-10(11)16(19)20/h2-6H,1H3,(H,17,18). The molecule has 0 fully saturated rings. The van der Waals surface area contributed by atoms with Crippen LogP contribution in [0.1, 0.15) is 15.9 Å². The fraction of sp³-hybridized carbons (Fsp3) is 0.0769. The highest BCUT2D eigenvalue weighted by atomic mass is 19.1.